The molecule has 0 amide bonds. The van der Waals surface area contributed by atoms with Crippen LogP contribution in [0.4, 0.5) is 64.1 Å². The van der Waals surface area contributed by atoms with Crippen LogP contribution < -0.4 is 11.5 Å². The highest BCUT2D eigenvalue weighted by Crippen LogP contribution is 2.54. The van der Waals surface area contributed by atoms with E-state index >= 15 is 0 Å². The smallest absolute Gasteiger partial charge is 0.398 e. The lowest BCUT2D eigenvalue weighted by Crippen LogP contribution is -2.52. The van der Waals surface area contributed by atoms with E-state index in [1.54, 1.807) is 0 Å². The maximum absolute atomic E-state index is 13.5. The maximum atomic E-state index is 13.5. The minimum Gasteiger partial charge on any atom is -0.398 e. The number of carbonyl (C=O) groups is 1. The number of halogens is 12. The van der Waals surface area contributed by atoms with Crippen LogP contribution in [0.3, 0.4) is 0 Å². The first-order chi connectivity index (χ1) is 15.9. The number of benzene rings is 2. The van der Waals surface area contributed by atoms with Crippen molar-refractivity contribution in [2.45, 2.75) is 49.4 Å². The van der Waals surface area contributed by atoms with E-state index in [-0.39, 0.29) is 26.0 Å². The van der Waals surface area contributed by atoms with E-state index in [0.29, 0.717) is 24.3 Å². The maximum Gasteiger partial charge on any atom is 0.406 e. The number of anilines is 2. The lowest BCUT2D eigenvalue weighted by molar-refractivity contribution is -0.298. The van der Waals surface area contributed by atoms with E-state index in [0.717, 1.165) is 0 Å². The molecular formula is C21H16F12N2O. The molecule has 0 aromatic heterocycles. The second kappa shape index (κ2) is 8.47. The van der Waals surface area contributed by atoms with Gasteiger partial charge in [-0.25, -0.2) is 0 Å². The van der Waals surface area contributed by atoms with E-state index in [4.69, 9.17) is 11.5 Å². The van der Waals surface area contributed by atoms with Crippen molar-refractivity contribution in [2.24, 2.45) is 0 Å². The second-order valence-electron chi connectivity index (χ2n) is 8.17. The van der Waals surface area contributed by atoms with E-state index in [2.05, 4.69) is 0 Å². The summed E-state index contributed by atoms with van der Waals surface area (Å²) in [4.78, 5) is 12.8. The molecule has 15 heteroatoms. The van der Waals surface area contributed by atoms with Crippen molar-refractivity contribution in [3.8, 4) is 0 Å². The Balaban J connectivity index is 2.76. The molecule has 2 aromatic carbocycles. The Morgan fingerprint density at radius 2 is 0.806 bits per heavy atom. The van der Waals surface area contributed by atoms with Crippen molar-refractivity contribution >= 4 is 17.2 Å². The zero-order valence-corrected chi connectivity index (χ0v) is 18.1. The van der Waals surface area contributed by atoms with Gasteiger partial charge < -0.3 is 11.5 Å². The van der Waals surface area contributed by atoms with E-state index in [1.165, 1.54) is 0 Å². The zero-order chi connectivity index (χ0) is 28.3. The molecule has 0 aliphatic carbocycles. The van der Waals surface area contributed by atoms with Gasteiger partial charge in [-0.05, 0) is 61.4 Å². The third-order valence-corrected chi connectivity index (χ3v) is 5.98. The van der Waals surface area contributed by atoms with Gasteiger partial charge in [0.05, 0.1) is 0 Å². The molecule has 0 aliphatic heterocycles. The third-order valence-electron chi connectivity index (χ3n) is 5.98. The largest absolute Gasteiger partial charge is 0.406 e. The van der Waals surface area contributed by atoms with Crippen molar-refractivity contribution < 1.29 is 57.5 Å². The molecule has 0 saturated heterocycles. The standard InChI is InChI=1S/C21H16F12N2O/c1-16(18(22,23)24,19(25,26)27)11-7-9(3-5-13(11)34)15(36)10-4-6-14(35)12(8-10)17(2,20(28,29)30)21(31,32)33/h3-8H,34-35H2,1-2H3. The lowest BCUT2D eigenvalue weighted by atomic mass is 9.77. The molecule has 0 atom stereocenters. The summed E-state index contributed by atoms with van der Waals surface area (Å²) < 4.78 is 162. The van der Waals surface area contributed by atoms with Gasteiger partial charge in [0.1, 0.15) is 0 Å². The second-order valence-corrected chi connectivity index (χ2v) is 8.17. The molecule has 2 aromatic rings. The molecule has 0 fully saturated rings. The van der Waals surface area contributed by atoms with Crippen LogP contribution in [0.1, 0.15) is 40.9 Å². The van der Waals surface area contributed by atoms with Crippen molar-refractivity contribution in [1.29, 1.82) is 0 Å². The van der Waals surface area contributed by atoms with Gasteiger partial charge in [0.2, 0.25) is 0 Å². The summed E-state index contributed by atoms with van der Waals surface area (Å²) in [7, 11) is 0. The summed E-state index contributed by atoms with van der Waals surface area (Å²) >= 11 is 0. The molecular weight excluding hydrogens is 524 g/mol. The minimum absolute atomic E-state index is 0.140. The fourth-order valence-corrected chi connectivity index (χ4v) is 3.36. The number of carbonyl (C=O) groups excluding carboxylic acids is 1. The van der Waals surface area contributed by atoms with Crippen molar-refractivity contribution in [2.75, 3.05) is 11.5 Å². The van der Waals surface area contributed by atoms with Gasteiger partial charge in [0.25, 0.3) is 0 Å². The van der Waals surface area contributed by atoms with Crippen molar-refractivity contribution in [3.63, 3.8) is 0 Å². The van der Waals surface area contributed by atoms with Crippen LogP contribution in [0.5, 0.6) is 0 Å². The van der Waals surface area contributed by atoms with Crippen molar-refractivity contribution in [1.82, 2.24) is 0 Å². The molecule has 0 heterocycles. The van der Waals surface area contributed by atoms with Gasteiger partial charge in [-0.1, -0.05) is 0 Å². The number of hydrogen-bond donors (Lipinski definition) is 2. The van der Waals surface area contributed by atoms with Crippen molar-refractivity contribution in [3.05, 3.63) is 58.7 Å². The summed E-state index contributed by atoms with van der Waals surface area (Å²) in [6.07, 6.45) is -23.8. The molecule has 0 bridgehead atoms. The number of rotatable bonds is 4. The molecule has 36 heavy (non-hydrogen) atoms. The van der Waals surface area contributed by atoms with Crippen LogP contribution in [0.2, 0.25) is 0 Å². The molecule has 0 saturated carbocycles. The topological polar surface area (TPSA) is 69.1 Å². The quantitative estimate of drug-likeness (QED) is 0.253. The van der Waals surface area contributed by atoms with Gasteiger partial charge in [-0.15, -0.1) is 0 Å². The van der Waals surface area contributed by atoms with Crippen LogP contribution in [0.15, 0.2) is 36.4 Å². The first-order valence-corrected chi connectivity index (χ1v) is 9.53. The van der Waals surface area contributed by atoms with Crippen LogP contribution >= 0.6 is 0 Å². The highest BCUT2D eigenvalue weighted by atomic mass is 19.4. The number of hydrogen-bond acceptors (Lipinski definition) is 3. The van der Waals surface area contributed by atoms with Crippen LogP contribution in [0, 0.1) is 0 Å². The molecule has 0 radical (unpaired) electrons. The number of ketones is 1. The third kappa shape index (κ3) is 4.43. The van der Waals surface area contributed by atoms with Gasteiger partial charge in [0.15, 0.2) is 16.6 Å². The van der Waals surface area contributed by atoms with Gasteiger partial charge in [-0.3, -0.25) is 4.79 Å². The average Bonchev–Trinajstić information content (AvgIpc) is 2.69. The Bertz CT molecular complexity index is 1040. The zero-order valence-electron chi connectivity index (χ0n) is 18.1. The Morgan fingerprint density at radius 1 is 0.556 bits per heavy atom. The SMILES string of the molecule is CC(c1cc(C(=O)c2ccc(N)c(C(C)(C(F)(F)F)C(F)(F)F)c2)ccc1N)(C(F)(F)F)C(F)(F)F. The van der Waals surface area contributed by atoms with Gasteiger partial charge in [0, 0.05) is 22.5 Å². The molecule has 0 spiro atoms. The number of nitrogens with two attached hydrogens (primary N) is 2. The van der Waals surface area contributed by atoms with Crippen LogP contribution in [0.25, 0.3) is 0 Å². The molecule has 200 valence electrons. The number of alkyl halides is 12. The highest BCUT2D eigenvalue weighted by molar-refractivity contribution is 6.09. The fourth-order valence-electron chi connectivity index (χ4n) is 3.36. The Hall–Kier alpha value is -3.13. The fraction of sp³-hybridized carbons (Fsp3) is 0.381. The molecule has 0 aliphatic rings. The molecule has 4 N–H and O–H groups in total. The Labute approximate surface area is 195 Å². The number of nitrogen functional groups attached to an aromatic ring is 2. The van der Waals surface area contributed by atoms with Crippen LogP contribution in [-0.4, -0.2) is 30.5 Å². The predicted molar refractivity (Wildman–Crippen MR) is 104 cm³/mol. The minimum atomic E-state index is -5.95. The van der Waals surface area contributed by atoms with Gasteiger partial charge >= 0.3 is 24.7 Å². The summed E-state index contributed by atoms with van der Waals surface area (Å²) in [5.41, 5.74) is -5.47. The molecule has 3 nitrogen and oxygen atoms in total. The lowest BCUT2D eigenvalue weighted by Gasteiger charge is -2.35. The first kappa shape index (κ1) is 29.1. The van der Waals surface area contributed by atoms with Gasteiger partial charge in [-0.2, -0.15) is 52.7 Å². The summed E-state index contributed by atoms with van der Waals surface area (Å²) in [6.45, 7) is -0.460. The molecule has 0 unspecified atom stereocenters. The highest BCUT2D eigenvalue weighted by Gasteiger charge is 2.70. The van der Waals surface area contributed by atoms with E-state index in [1.807, 2.05) is 0 Å². The summed E-state index contributed by atoms with van der Waals surface area (Å²) in [6, 6.07) is 2.70. The monoisotopic (exact) mass is 540 g/mol. The Morgan fingerprint density at radius 3 is 1.03 bits per heavy atom. The first-order valence-electron chi connectivity index (χ1n) is 9.53. The molecule has 2 rings (SSSR count). The summed E-state index contributed by atoms with van der Waals surface area (Å²) in [5.74, 6) is -1.48. The van der Waals surface area contributed by atoms with Crippen LogP contribution in [-0.2, 0) is 10.8 Å². The predicted octanol–water partition coefficient (Wildman–Crippen LogP) is 6.85. The van der Waals surface area contributed by atoms with E-state index < -0.39 is 74.9 Å². The normalized spacial score (nSPS) is 14.2. The summed E-state index contributed by atoms with van der Waals surface area (Å²) in [5, 5.41) is 0. The Kier molecular flexibility index (Phi) is 6.85. The average molecular weight is 540 g/mol. The van der Waals surface area contributed by atoms with E-state index in [9.17, 15) is 57.5 Å².